The van der Waals surface area contributed by atoms with Crippen molar-refractivity contribution in [2.75, 3.05) is 77.5 Å². The van der Waals surface area contributed by atoms with Gasteiger partial charge in [-0.25, -0.2) is 0 Å². The highest BCUT2D eigenvalue weighted by atomic mass is 31.2. The number of hydrogen-bond donors (Lipinski definition) is 4. The summed E-state index contributed by atoms with van der Waals surface area (Å²) in [7, 11) is -15.2. The van der Waals surface area contributed by atoms with E-state index in [1.807, 2.05) is 19.6 Å². The molecule has 12 nitrogen and oxygen atoms in total. The monoisotopic (exact) mass is 816 g/mol. The van der Waals surface area contributed by atoms with Gasteiger partial charge in [0.25, 0.3) is 0 Å². The first kappa shape index (κ1) is 42.6. The summed E-state index contributed by atoms with van der Waals surface area (Å²) in [5.74, 6) is 0. The van der Waals surface area contributed by atoms with E-state index in [4.69, 9.17) is 0 Å². The second-order valence-corrected chi connectivity index (χ2v) is 22.7. The van der Waals surface area contributed by atoms with Crippen molar-refractivity contribution >= 4 is 50.7 Å². The van der Waals surface area contributed by atoms with E-state index in [1.165, 1.54) is 0 Å². The minimum Gasteiger partial charge on any atom is -0.340 e. The van der Waals surface area contributed by atoms with Gasteiger partial charge in [-0.1, -0.05) is 72.8 Å². The Hall–Kier alpha value is -2.52. The van der Waals surface area contributed by atoms with Gasteiger partial charge in [0.15, 0.2) is 0 Å². The minimum absolute atomic E-state index is 0.123. The van der Waals surface area contributed by atoms with Crippen LogP contribution in [0.2, 0.25) is 0 Å². The van der Waals surface area contributed by atoms with Crippen LogP contribution in [-0.2, 0) is 18.3 Å². The highest BCUT2D eigenvalue weighted by Crippen LogP contribution is 2.43. The average Bonchev–Trinajstić information content (AvgIpc) is 3.16. The maximum atomic E-state index is 13.7. The summed E-state index contributed by atoms with van der Waals surface area (Å²) >= 11 is 0. The van der Waals surface area contributed by atoms with Gasteiger partial charge in [-0.15, -0.1) is 0 Å². The third-order valence-corrected chi connectivity index (χ3v) is 17.1. The van der Waals surface area contributed by atoms with Crippen molar-refractivity contribution in [3.8, 4) is 0 Å². The quantitative estimate of drug-likeness (QED) is 0.151. The summed E-state index contributed by atoms with van der Waals surface area (Å²) < 4.78 is 54.8. The molecule has 1 fully saturated rings. The molecule has 0 saturated carbocycles. The molecule has 1 heterocycles. The molecular weight excluding hydrogens is 764 g/mol. The number of rotatable bonds is 12. The van der Waals surface area contributed by atoms with Crippen molar-refractivity contribution < 1.29 is 37.8 Å². The first-order valence-electron chi connectivity index (χ1n) is 18.1. The fourth-order valence-electron chi connectivity index (χ4n) is 6.67. The van der Waals surface area contributed by atoms with E-state index in [2.05, 4.69) is 0 Å². The lowest BCUT2D eigenvalue weighted by molar-refractivity contribution is 0.185. The van der Waals surface area contributed by atoms with Crippen LogP contribution in [0.5, 0.6) is 0 Å². The van der Waals surface area contributed by atoms with E-state index in [1.54, 1.807) is 121 Å². The van der Waals surface area contributed by atoms with Crippen molar-refractivity contribution in [3.05, 3.63) is 121 Å². The average molecular weight is 817 g/mol. The summed E-state index contributed by atoms with van der Waals surface area (Å²) in [5.41, 5.74) is 0. The molecule has 4 aromatic carbocycles. The lowest BCUT2D eigenvalue weighted by Gasteiger charge is -2.34. The largest absolute Gasteiger partial charge is 0.340 e. The number of benzene rings is 4. The standard InChI is InChI=1S/C38H52N4O8P4/c43-51(44,35-15-5-1-6-16-35)31-39-23-13-24-41(33-53(47,48)37-19-9-3-10-20-37)29-30-42(34-54(49,50)38-21-11-4-12-22-38)26-14-25-40(28-27-39)32-52(45,46)36-17-7-2-8-18-36/h1-12,15-22H,13-14,23-34H2,(H,43,44)(H,45,46)(H,47,48)(H,49,50). The Balaban J connectivity index is 1.41. The molecule has 1 aliphatic heterocycles. The summed E-state index contributed by atoms with van der Waals surface area (Å²) in [6, 6.07) is 34.0. The molecule has 0 spiro atoms. The maximum Gasteiger partial charge on any atom is 0.243 e. The van der Waals surface area contributed by atoms with Gasteiger partial charge in [-0.2, -0.15) is 0 Å². The van der Waals surface area contributed by atoms with Crippen LogP contribution in [0.25, 0.3) is 0 Å². The molecule has 5 rings (SSSR count). The molecular formula is C38H52N4O8P4. The maximum absolute atomic E-state index is 13.7. The van der Waals surface area contributed by atoms with Crippen LogP contribution in [0.3, 0.4) is 0 Å². The van der Waals surface area contributed by atoms with Gasteiger partial charge < -0.3 is 19.6 Å². The van der Waals surface area contributed by atoms with E-state index in [-0.39, 0.29) is 25.1 Å². The van der Waals surface area contributed by atoms with Crippen molar-refractivity contribution in [1.82, 2.24) is 19.6 Å². The van der Waals surface area contributed by atoms with Crippen molar-refractivity contribution in [3.63, 3.8) is 0 Å². The molecule has 4 unspecified atom stereocenters. The fraction of sp³-hybridized carbons (Fsp3) is 0.368. The third-order valence-electron chi connectivity index (χ3n) is 9.57. The van der Waals surface area contributed by atoms with Crippen molar-refractivity contribution in [1.29, 1.82) is 0 Å². The Kier molecular flexibility index (Phi) is 15.4. The minimum atomic E-state index is -3.81. The van der Waals surface area contributed by atoms with Crippen LogP contribution in [-0.4, -0.2) is 117 Å². The second-order valence-electron chi connectivity index (χ2n) is 13.9. The van der Waals surface area contributed by atoms with Crippen molar-refractivity contribution in [2.24, 2.45) is 0 Å². The van der Waals surface area contributed by atoms with Gasteiger partial charge in [0.2, 0.25) is 29.5 Å². The Morgan fingerprint density at radius 2 is 0.519 bits per heavy atom. The first-order valence-corrected chi connectivity index (χ1v) is 25.5. The molecule has 0 bridgehead atoms. The molecule has 54 heavy (non-hydrogen) atoms. The van der Waals surface area contributed by atoms with Gasteiger partial charge in [0.1, 0.15) is 0 Å². The summed E-state index contributed by atoms with van der Waals surface area (Å²) in [5, 5.41) is 1.36. The predicted molar refractivity (Wildman–Crippen MR) is 219 cm³/mol. The van der Waals surface area contributed by atoms with Crippen LogP contribution in [0.1, 0.15) is 12.8 Å². The molecule has 0 aliphatic carbocycles. The van der Waals surface area contributed by atoms with E-state index in [0.29, 0.717) is 86.4 Å². The van der Waals surface area contributed by atoms with Gasteiger partial charge in [-0.3, -0.25) is 37.9 Å². The summed E-state index contributed by atoms with van der Waals surface area (Å²) in [4.78, 5) is 52.5. The smallest absolute Gasteiger partial charge is 0.243 e. The Morgan fingerprint density at radius 3 is 0.704 bits per heavy atom. The Labute approximate surface area is 318 Å². The molecule has 292 valence electrons. The Bertz CT molecular complexity index is 1670. The van der Waals surface area contributed by atoms with Crippen molar-refractivity contribution in [2.45, 2.75) is 12.8 Å². The molecule has 4 aromatic rings. The van der Waals surface area contributed by atoms with E-state index in [9.17, 15) is 37.8 Å². The Morgan fingerprint density at radius 1 is 0.333 bits per heavy atom. The van der Waals surface area contributed by atoms with Crippen LogP contribution in [0, 0.1) is 0 Å². The highest BCUT2D eigenvalue weighted by Gasteiger charge is 2.31. The molecule has 0 aromatic heterocycles. The number of hydrogen-bond acceptors (Lipinski definition) is 8. The normalized spacial score (nSPS) is 21.1. The van der Waals surface area contributed by atoms with Gasteiger partial charge in [0, 0.05) is 47.4 Å². The van der Waals surface area contributed by atoms with Gasteiger partial charge >= 0.3 is 0 Å². The zero-order chi connectivity index (χ0) is 38.7. The fourth-order valence-corrected chi connectivity index (χ4v) is 13.2. The summed E-state index contributed by atoms with van der Waals surface area (Å²) in [6.45, 7) is 2.89. The van der Waals surface area contributed by atoms with Crippen LogP contribution < -0.4 is 21.2 Å². The number of nitrogens with zero attached hydrogens (tertiary/aromatic N) is 4. The molecule has 1 saturated heterocycles. The van der Waals surface area contributed by atoms with Gasteiger partial charge in [-0.05, 0) is 87.6 Å². The summed E-state index contributed by atoms with van der Waals surface area (Å²) in [6.07, 6.45) is 0.497. The van der Waals surface area contributed by atoms with E-state index < -0.39 is 29.5 Å². The van der Waals surface area contributed by atoms with E-state index in [0.717, 1.165) is 0 Å². The topological polar surface area (TPSA) is 162 Å². The molecule has 4 atom stereocenters. The van der Waals surface area contributed by atoms with E-state index >= 15 is 0 Å². The van der Waals surface area contributed by atoms with Crippen LogP contribution in [0.15, 0.2) is 121 Å². The lowest BCUT2D eigenvalue weighted by Crippen LogP contribution is -2.42. The molecule has 0 amide bonds. The molecule has 16 heteroatoms. The predicted octanol–water partition coefficient (Wildman–Crippen LogP) is 4.20. The zero-order valence-corrected chi connectivity index (χ0v) is 34.0. The third kappa shape index (κ3) is 12.8. The first-order chi connectivity index (χ1) is 25.7. The second kappa shape index (κ2) is 19.6. The lowest BCUT2D eigenvalue weighted by atomic mass is 10.3. The van der Waals surface area contributed by atoms with Crippen LogP contribution >= 0.6 is 29.5 Å². The molecule has 1 aliphatic rings. The molecule has 0 radical (unpaired) electrons. The SMILES string of the molecule is O=P(O)(CN1CCCN(CP(=O)(O)c2ccccc2)CCN(CP(=O)(O)c2ccccc2)CCCN(CP(=O)(O)c2ccccc2)CC1)c1ccccc1. The molecule has 4 N–H and O–H groups in total. The highest BCUT2D eigenvalue weighted by molar-refractivity contribution is 7.67. The van der Waals surface area contributed by atoms with Crippen LogP contribution in [0.4, 0.5) is 0 Å². The zero-order valence-electron chi connectivity index (χ0n) is 30.4. The van der Waals surface area contributed by atoms with Gasteiger partial charge in [0.05, 0.1) is 25.1 Å².